The monoisotopic (exact) mass is 368 g/mol. The molecule has 108 valence electrons. The third-order valence-electron chi connectivity index (χ3n) is 3.32. The van der Waals surface area contributed by atoms with E-state index < -0.39 is 0 Å². The summed E-state index contributed by atoms with van der Waals surface area (Å²) in [5, 5.41) is 13.3. The minimum absolute atomic E-state index is 0. The van der Waals surface area contributed by atoms with E-state index in [0.29, 0.717) is 0 Å². The molecule has 1 aromatic carbocycles. The van der Waals surface area contributed by atoms with Crippen LogP contribution in [-0.4, -0.2) is 42.8 Å². The van der Waals surface area contributed by atoms with E-state index in [1.54, 1.807) is 0 Å². The third kappa shape index (κ3) is 4.59. The largest absolute Gasteiger partial charge is 0.396 e. The molecule has 0 radical (unpaired) electrons. The maximum Gasteiger partial charge on any atom is 0.0548 e. The molecule has 0 bridgehead atoms. The summed E-state index contributed by atoms with van der Waals surface area (Å²) < 4.78 is 0.916. The van der Waals surface area contributed by atoms with E-state index >= 15 is 0 Å². The second-order valence-corrected chi connectivity index (χ2v) is 5.75. The summed E-state index contributed by atoms with van der Waals surface area (Å²) >= 11 is 9.49. The Kier molecular flexibility index (Phi) is 7.65. The lowest BCUT2D eigenvalue weighted by Crippen LogP contribution is -2.45. The molecule has 1 fully saturated rings. The molecule has 2 rings (SSSR count). The number of nitrogens with one attached hydrogen (secondary N) is 1. The first kappa shape index (κ1) is 17.2. The molecular formula is C13H19BrCl2N2O. The van der Waals surface area contributed by atoms with Crippen molar-refractivity contribution in [3.8, 4) is 0 Å². The van der Waals surface area contributed by atoms with Crippen molar-refractivity contribution in [2.24, 2.45) is 0 Å². The molecule has 1 saturated heterocycles. The molecule has 0 spiro atoms. The van der Waals surface area contributed by atoms with Crippen LogP contribution in [0.4, 0.5) is 0 Å². The van der Waals surface area contributed by atoms with Gasteiger partial charge in [-0.1, -0.05) is 17.7 Å². The van der Waals surface area contributed by atoms with E-state index in [1.165, 1.54) is 5.56 Å². The number of hydrogen-bond acceptors (Lipinski definition) is 3. The van der Waals surface area contributed by atoms with E-state index in [2.05, 4.69) is 38.3 Å². The molecule has 0 amide bonds. The lowest BCUT2D eigenvalue weighted by molar-refractivity contribution is 0.141. The van der Waals surface area contributed by atoms with Crippen LogP contribution in [0.2, 0.25) is 5.02 Å². The van der Waals surface area contributed by atoms with Gasteiger partial charge in [-0.15, -0.1) is 12.4 Å². The molecule has 0 saturated carbocycles. The van der Waals surface area contributed by atoms with Gasteiger partial charge in [0.25, 0.3) is 0 Å². The van der Waals surface area contributed by atoms with Crippen molar-refractivity contribution in [3.63, 3.8) is 0 Å². The van der Waals surface area contributed by atoms with Gasteiger partial charge in [0.1, 0.15) is 0 Å². The molecule has 0 aliphatic carbocycles. The van der Waals surface area contributed by atoms with Gasteiger partial charge in [-0.25, -0.2) is 0 Å². The zero-order valence-corrected chi connectivity index (χ0v) is 13.8. The van der Waals surface area contributed by atoms with Gasteiger partial charge in [-0.3, -0.25) is 4.90 Å². The second kappa shape index (κ2) is 8.45. The first-order valence-corrected chi connectivity index (χ1v) is 7.40. The zero-order chi connectivity index (χ0) is 13.0. The Balaban J connectivity index is 0.00000180. The van der Waals surface area contributed by atoms with Gasteiger partial charge in [0.15, 0.2) is 0 Å². The number of hydrogen-bond donors (Lipinski definition) is 2. The first-order valence-electron chi connectivity index (χ1n) is 6.23. The summed E-state index contributed by atoms with van der Waals surface area (Å²) in [5.41, 5.74) is 1.21. The average molecular weight is 370 g/mol. The van der Waals surface area contributed by atoms with Crippen LogP contribution in [0.3, 0.4) is 0 Å². The normalized spacial score (nSPS) is 17.8. The van der Waals surface area contributed by atoms with E-state index in [4.69, 9.17) is 11.6 Å². The van der Waals surface area contributed by atoms with Gasteiger partial charge in [0, 0.05) is 43.3 Å². The van der Waals surface area contributed by atoms with E-state index in [9.17, 15) is 5.11 Å². The van der Waals surface area contributed by atoms with Crippen LogP contribution in [0.15, 0.2) is 22.7 Å². The summed E-state index contributed by atoms with van der Waals surface area (Å²) in [5.74, 6) is 0. The lowest BCUT2D eigenvalue weighted by Gasteiger charge is -2.35. The molecule has 1 atom stereocenters. The number of nitrogens with zero attached hydrogens (tertiary/aromatic N) is 1. The summed E-state index contributed by atoms with van der Waals surface area (Å²) in [4.78, 5) is 2.42. The van der Waals surface area contributed by atoms with Crippen molar-refractivity contribution in [2.45, 2.75) is 12.5 Å². The van der Waals surface area contributed by atoms with Crippen LogP contribution in [0.25, 0.3) is 0 Å². The van der Waals surface area contributed by atoms with Crippen molar-refractivity contribution in [2.75, 3.05) is 32.8 Å². The number of halogens is 3. The van der Waals surface area contributed by atoms with Crippen LogP contribution in [0, 0.1) is 0 Å². The maximum absolute atomic E-state index is 9.27. The Hall–Kier alpha value is 0.160. The Morgan fingerprint density at radius 1 is 1.37 bits per heavy atom. The Morgan fingerprint density at radius 2 is 2.05 bits per heavy atom. The van der Waals surface area contributed by atoms with E-state index in [1.807, 2.05) is 6.07 Å². The maximum atomic E-state index is 9.27. The SMILES string of the molecule is Cl.OCC[C@H](c1ccc(Cl)c(Br)c1)N1CCNCC1. The van der Waals surface area contributed by atoms with Gasteiger partial charge < -0.3 is 10.4 Å². The molecule has 1 aliphatic heterocycles. The number of piperazine rings is 1. The molecule has 1 aliphatic rings. The van der Waals surface area contributed by atoms with Gasteiger partial charge >= 0.3 is 0 Å². The standard InChI is InChI=1S/C13H18BrClN2O.ClH/c14-11-9-10(1-2-12(11)15)13(3-8-18)17-6-4-16-5-7-17;/h1-2,9,13,16,18H,3-8H2;1H/t13-;/m1./s1. The highest BCUT2D eigenvalue weighted by molar-refractivity contribution is 9.10. The summed E-state index contributed by atoms with van der Waals surface area (Å²) in [6.07, 6.45) is 0.758. The van der Waals surface area contributed by atoms with Gasteiger partial charge in [0.05, 0.1) is 5.02 Å². The van der Waals surface area contributed by atoms with Gasteiger partial charge in [-0.2, -0.15) is 0 Å². The van der Waals surface area contributed by atoms with E-state index in [0.717, 1.165) is 42.1 Å². The van der Waals surface area contributed by atoms with Crippen molar-refractivity contribution in [1.82, 2.24) is 10.2 Å². The molecule has 2 N–H and O–H groups in total. The molecule has 6 heteroatoms. The van der Waals surface area contributed by atoms with Crippen molar-refractivity contribution >= 4 is 39.9 Å². The quantitative estimate of drug-likeness (QED) is 0.856. The van der Waals surface area contributed by atoms with Crippen LogP contribution < -0.4 is 5.32 Å². The number of benzene rings is 1. The highest BCUT2D eigenvalue weighted by atomic mass is 79.9. The predicted octanol–water partition coefficient (Wildman–Crippen LogP) is 2.85. The van der Waals surface area contributed by atoms with Crippen LogP contribution in [0.1, 0.15) is 18.0 Å². The van der Waals surface area contributed by atoms with Crippen LogP contribution >= 0.6 is 39.9 Å². The summed E-state index contributed by atoms with van der Waals surface area (Å²) in [6, 6.07) is 6.29. The Morgan fingerprint density at radius 3 is 2.63 bits per heavy atom. The minimum atomic E-state index is 0. The summed E-state index contributed by atoms with van der Waals surface area (Å²) in [6.45, 7) is 4.26. The number of aliphatic hydroxyl groups excluding tert-OH is 1. The highest BCUT2D eigenvalue weighted by Crippen LogP contribution is 2.30. The van der Waals surface area contributed by atoms with Crippen molar-refractivity contribution < 1.29 is 5.11 Å². The molecule has 0 unspecified atom stereocenters. The number of rotatable bonds is 4. The Labute approximate surface area is 133 Å². The fourth-order valence-corrected chi connectivity index (χ4v) is 2.91. The number of aliphatic hydroxyl groups is 1. The fraction of sp³-hybridized carbons (Fsp3) is 0.538. The van der Waals surface area contributed by atoms with Crippen LogP contribution in [0.5, 0.6) is 0 Å². The minimum Gasteiger partial charge on any atom is -0.396 e. The zero-order valence-electron chi connectivity index (χ0n) is 10.6. The first-order chi connectivity index (χ1) is 8.72. The third-order valence-corrected chi connectivity index (χ3v) is 4.54. The smallest absolute Gasteiger partial charge is 0.0548 e. The molecule has 19 heavy (non-hydrogen) atoms. The molecule has 3 nitrogen and oxygen atoms in total. The second-order valence-electron chi connectivity index (χ2n) is 4.49. The summed E-state index contributed by atoms with van der Waals surface area (Å²) in [7, 11) is 0. The van der Waals surface area contributed by atoms with Crippen LogP contribution in [-0.2, 0) is 0 Å². The average Bonchev–Trinajstić information content (AvgIpc) is 2.40. The molecule has 1 heterocycles. The van der Waals surface area contributed by atoms with Gasteiger partial charge in [-0.05, 0) is 40.0 Å². The fourth-order valence-electron chi connectivity index (χ4n) is 2.40. The Bertz CT molecular complexity index is 400. The van der Waals surface area contributed by atoms with Crippen molar-refractivity contribution in [3.05, 3.63) is 33.3 Å². The predicted molar refractivity (Wildman–Crippen MR) is 85.3 cm³/mol. The highest BCUT2D eigenvalue weighted by Gasteiger charge is 2.22. The van der Waals surface area contributed by atoms with E-state index in [-0.39, 0.29) is 25.1 Å². The van der Waals surface area contributed by atoms with Gasteiger partial charge in [0.2, 0.25) is 0 Å². The topological polar surface area (TPSA) is 35.5 Å². The lowest BCUT2D eigenvalue weighted by atomic mass is 10.0. The van der Waals surface area contributed by atoms with Crippen molar-refractivity contribution in [1.29, 1.82) is 0 Å². The molecular weight excluding hydrogens is 351 g/mol. The molecule has 1 aromatic rings. The molecule has 0 aromatic heterocycles.